The zero-order valence-electron chi connectivity index (χ0n) is 12.6. The quantitative estimate of drug-likeness (QED) is 0.786. The fraction of sp³-hybridized carbons (Fsp3) is 0.667. The number of hydrogen-bond acceptors (Lipinski definition) is 5. The molecule has 0 spiro atoms. The Balaban J connectivity index is 1.91. The van der Waals surface area contributed by atoms with Crippen LogP contribution in [0, 0.1) is 25.7 Å². The number of carbonyl (C=O) groups is 2. The van der Waals surface area contributed by atoms with Crippen molar-refractivity contribution in [3.05, 3.63) is 15.6 Å². The molecule has 0 N–H and O–H groups in total. The Morgan fingerprint density at radius 1 is 1.33 bits per heavy atom. The smallest absolute Gasteiger partial charge is 0.328 e. The molecule has 3 atom stereocenters. The fourth-order valence-electron chi connectivity index (χ4n) is 3.80. The van der Waals surface area contributed by atoms with Gasteiger partial charge in [0.25, 0.3) is 5.91 Å². The second-order valence-corrected chi connectivity index (χ2v) is 7.13. The maximum atomic E-state index is 12.8. The molecule has 114 valence electrons. The van der Waals surface area contributed by atoms with Gasteiger partial charge in [-0.1, -0.05) is 6.42 Å². The Kier molecular flexibility index (Phi) is 3.73. The van der Waals surface area contributed by atoms with Crippen LogP contribution in [0.1, 0.15) is 39.6 Å². The molecule has 5 nitrogen and oxygen atoms in total. The maximum Gasteiger partial charge on any atom is 0.328 e. The van der Waals surface area contributed by atoms with Gasteiger partial charge >= 0.3 is 5.97 Å². The number of thiazole rings is 1. The van der Waals surface area contributed by atoms with Crippen molar-refractivity contribution in [2.75, 3.05) is 13.7 Å². The van der Waals surface area contributed by atoms with Crippen molar-refractivity contribution in [2.45, 2.75) is 39.2 Å². The van der Waals surface area contributed by atoms with E-state index in [0.717, 1.165) is 30.0 Å². The van der Waals surface area contributed by atoms with Gasteiger partial charge in [-0.25, -0.2) is 9.78 Å². The number of likely N-dealkylation sites (tertiary alicyclic amines) is 1. The lowest BCUT2D eigenvalue weighted by atomic mass is 9.94. The highest BCUT2D eigenvalue weighted by atomic mass is 32.1. The second kappa shape index (κ2) is 5.40. The molecule has 1 amide bonds. The minimum Gasteiger partial charge on any atom is -0.467 e. The Bertz CT molecular complexity index is 583. The molecule has 3 rings (SSSR count). The van der Waals surface area contributed by atoms with E-state index in [0.29, 0.717) is 17.3 Å². The van der Waals surface area contributed by atoms with Crippen molar-refractivity contribution in [1.82, 2.24) is 9.88 Å². The first-order valence-corrected chi connectivity index (χ1v) is 8.17. The molecule has 21 heavy (non-hydrogen) atoms. The molecule has 1 aliphatic carbocycles. The van der Waals surface area contributed by atoms with Crippen molar-refractivity contribution in [2.24, 2.45) is 11.8 Å². The van der Waals surface area contributed by atoms with Gasteiger partial charge in [0.05, 0.1) is 17.8 Å². The van der Waals surface area contributed by atoms with Crippen molar-refractivity contribution in [3.8, 4) is 0 Å². The van der Waals surface area contributed by atoms with Crippen molar-refractivity contribution < 1.29 is 14.3 Å². The molecule has 6 heteroatoms. The molecule has 2 heterocycles. The average molecular weight is 308 g/mol. The van der Waals surface area contributed by atoms with Gasteiger partial charge in [0.2, 0.25) is 0 Å². The number of aromatic nitrogens is 1. The number of aryl methyl sites for hydroxylation is 2. The number of hydrogen-bond donors (Lipinski definition) is 0. The Hall–Kier alpha value is -1.43. The Morgan fingerprint density at radius 2 is 2.10 bits per heavy atom. The van der Waals surface area contributed by atoms with Gasteiger partial charge in [0, 0.05) is 6.54 Å². The van der Waals surface area contributed by atoms with Gasteiger partial charge in [-0.05, 0) is 38.5 Å². The standard InChI is InChI=1S/C15H20N2O3S/c1-8-13(21-9(2)16-8)14(18)17-7-10-5-4-6-11(10)12(17)15(19)20-3/h10-12H,4-7H2,1-3H3/t10-,11-,12+/m1/s1. The van der Waals surface area contributed by atoms with Crippen LogP contribution in [0.5, 0.6) is 0 Å². The third-order valence-corrected chi connectivity index (χ3v) is 5.75. The summed E-state index contributed by atoms with van der Waals surface area (Å²) in [7, 11) is 1.40. The molecule has 2 aliphatic rings. The monoisotopic (exact) mass is 308 g/mol. The normalized spacial score (nSPS) is 27.8. The van der Waals surface area contributed by atoms with Gasteiger partial charge in [-0.2, -0.15) is 0 Å². The SMILES string of the molecule is COC(=O)[C@@H]1[C@@H]2CCC[C@@H]2CN1C(=O)c1sc(C)nc1C. The van der Waals surface area contributed by atoms with Crippen LogP contribution >= 0.6 is 11.3 Å². The molecule has 0 radical (unpaired) electrons. The summed E-state index contributed by atoms with van der Waals surface area (Å²) in [6.07, 6.45) is 3.25. The van der Waals surface area contributed by atoms with E-state index in [4.69, 9.17) is 4.74 Å². The zero-order valence-corrected chi connectivity index (χ0v) is 13.4. The first kappa shape index (κ1) is 14.5. The first-order chi connectivity index (χ1) is 10.0. The predicted octanol–water partition coefficient (Wildman–Crippen LogP) is 2.17. The molecule has 1 saturated heterocycles. The summed E-state index contributed by atoms with van der Waals surface area (Å²) in [6.45, 7) is 4.41. The minimum atomic E-state index is -0.420. The van der Waals surface area contributed by atoms with Gasteiger partial charge in [0.1, 0.15) is 10.9 Å². The van der Waals surface area contributed by atoms with E-state index in [9.17, 15) is 9.59 Å². The maximum absolute atomic E-state index is 12.8. The summed E-state index contributed by atoms with van der Waals surface area (Å²) in [5.41, 5.74) is 0.753. The van der Waals surface area contributed by atoms with Gasteiger partial charge in [0.15, 0.2) is 0 Å². The number of amides is 1. The topological polar surface area (TPSA) is 59.5 Å². The van der Waals surface area contributed by atoms with Gasteiger partial charge in [-0.3, -0.25) is 4.79 Å². The summed E-state index contributed by atoms with van der Waals surface area (Å²) < 4.78 is 4.95. The highest BCUT2D eigenvalue weighted by Gasteiger charge is 2.50. The Labute approximate surface area is 128 Å². The van der Waals surface area contributed by atoms with Gasteiger partial charge in [-0.15, -0.1) is 11.3 Å². The summed E-state index contributed by atoms with van der Waals surface area (Å²) in [5.74, 6) is 0.350. The molecule has 1 aliphatic heterocycles. The van der Waals surface area contributed by atoms with E-state index < -0.39 is 6.04 Å². The van der Waals surface area contributed by atoms with E-state index in [2.05, 4.69) is 4.98 Å². The molecule has 0 unspecified atom stereocenters. The number of nitrogens with zero attached hydrogens (tertiary/aromatic N) is 2. The molecule has 1 aromatic rings. The molecule has 0 bridgehead atoms. The third kappa shape index (κ3) is 2.35. The Morgan fingerprint density at radius 3 is 2.71 bits per heavy atom. The van der Waals surface area contributed by atoms with Crippen molar-refractivity contribution >= 4 is 23.2 Å². The lowest BCUT2D eigenvalue weighted by molar-refractivity contribution is -0.146. The summed E-state index contributed by atoms with van der Waals surface area (Å²) in [6, 6.07) is -0.420. The van der Waals surface area contributed by atoms with Crippen LogP contribution in [0.4, 0.5) is 0 Å². The number of rotatable bonds is 2. The number of carbonyl (C=O) groups excluding carboxylic acids is 2. The van der Waals surface area contributed by atoms with E-state index in [1.54, 1.807) is 4.90 Å². The van der Waals surface area contributed by atoms with E-state index in [1.807, 2.05) is 13.8 Å². The summed E-state index contributed by atoms with van der Waals surface area (Å²) in [5, 5.41) is 0.879. The van der Waals surface area contributed by atoms with E-state index in [-0.39, 0.29) is 17.8 Å². The molecule has 0 aromatic carbocycles. The predicted molar refractivity (Wildman–Crippen MR) is 79.3 cm³/mol. The van der Waals surface area contributed by atoms with Crippen LogP contribution in [0.3, 0.4) is 0 Å². The van der Waals surface area contributed by atoms with Crippen LogP contribution in [0.25, 0.3) is 0 Å². The molecular formula is C15H20N2O3S. The number of ether oxygens (including phenoxy) is 1. The number of methoxy groups -OCH3 is 1. The molecular weight excluding hydrogens is 288 g/mol. The van der Waals surface area contributed by atoms with Gasteiger partial charge < -0.3 is 9.64 Å². The molecule has 2 fully saturated rings. The molecule has 1 aromatic heterocycles. The lowest BCUT2D eigenvalue weighted by Crippen LogP contribution is -2.43. The second-order valence-electron chi connectivity index (χ2n) is 5.93. The lowest BCUT2D eigenvalue weighted by Gasteiger charge is -2.25. The average Bonchev–Trinajstić information content (AvgIpc) is 3.10. The first-order valence-electron chi connectivity index (χ1n) is 7.35. The molecule has 1 saturated carbocycles. The largest absolute Gasteiger partial charge is 0.467 e. The van der Waals surface area contributed by atoms with Crippen LogP contribution in [-0.4, -0.2) is 41.5 Å². The fourth-order valence-corrected chi connectivity index (χ4v) is 4.67. The van der Waals surface area contributed by atoms with Crippen LogP contribution < -0.4 is 0 Å². The highest BCUT2D eigenvalue weighted by Crippen LogP contribution is 2.43. The van der Waals surface area contributed by atoms with Crippen molar-refractivity contribution in [1.29, 1.82) is 0 Å². The highest BCUT2D eigenvalue weighted by molar-refractivity contribution is 7.13. The number of esters is 1. The van der Waals surface area contributed by atoms with Crippen LogP contribution in [0.15, 0.2) is 0 Å². The van der Waals surface area contributed by atoms with E-state index >= 15 is 0 Å². The van der Waals surface area contributed by atoms with Crippen LogP contribution in [-0.2, 0) is 9.53 Å². The summed E-state index contributed by atoms with van der Waals surface area (Å²) in [4.78, 5) is 31.7. The van der Waals surface area contributed by atoms with Crippen LogP contribution in [0.2, 0.25) is 0 Å². The minimum absolute atomic E-state index is 0.0668. The zero-order chi connectivity index (χ0) is 15.1. The third-order valence-electron chi connectivity index (χ3n) is 4.69. The summed E-state index contributed by atoms with van der Waals surface area (Å²) >= 11 is 1.40. The van der Waals surface area contributed by atoms with Crippen molar-refractivity contribution in [3.63, 3.8) is 0 Å². The number of fused-ring (bicyclic) bond motifs is 1. The van der Waals surface area contributed by atoms with E-state index in [1.165, 1.54) is 18.4 Å².